The molecule has 0 bridgehead atoms. The van der Waals surface area contributed by atoms with Gasteiger partial charge in [0.15, 0.2) is 0 Å². The Balaban J connectivity index is -0.000000371. The average Bonchev–Trinajstić information content (AvgIpc) is 2.66. The van der Waals surface area contributed by atoms with E-state index >= 15 is 0 Å². The van der Waals surface area contributed by atoms with Crippen LogP contribution in [0.2, 0.25) is 0 Å². The highest BCUT2D eigenvalue weighted by Crippen LogP contribution is 2.40. The zero-order valence-electron chi connectivity index (χ0n) is 21.8. The first-order chi connectivity index (χ1) is 12.8. The summed E-state index contributed by atoms with van der Waals surface area (Å²) in [5.41, 5.74) is 0. The first-order valence-corrected chi connectivity index (χ1v) is 12.8. The predicted molar refractivity (Wildman–Crippen MR) is 131 cm³/mol. The summed E-state index contributed by atoms with van der Waals surface area (Å²) in [4.78, 5) is 0. The molecule has 0 saturated heterocycles. The van der Waals surface area contributed by atoms with E-state index in [0.29, 0.717) is 0 Å². The topological polar surface area (TPSA) is 0 Å². The molecule has 0 aliphatic heterocycles. The molecule has 0 heterocycles. The molecule has 0 amide bonds. The van der Waals surface area contributed by atoms with Crippen LogP contribution in [0.3, 0.4) is 0 Å². The molecule has 0 atom stereocenters. The van der Waals surface area contributed by atoms with Crippen molar-refractivity contribution >= 4 is 0 Å². The highest BCUT2D eigenvalue weighted by molar-refractivity contribution is 4.80. The summed E-state index contributed by atoms with van der Waals surface area (Å²) in [7, 11) is 0. The lowest BCUT2D eigenvalue weighted by atomic mass is 9.70. The first kappa shape index (κ1) is 31.7. The minimum absolute atomic E-state index is 0.833. The summed E-state index contributed by atoms with van der Waals surface area (Å²) < 4.78 is 0. The maximum Gasteiger partial charge on any atom is -0.0386 e. The molecule has 0 unspecified atom stereocenters. The normalized spacial score (nSPS) is 26.9. The maximum atomic E-state index is 2.43. The van der Waals surface area contributed by atoms with Crippen LogP contribution < -0.4 is 0 Å². The van der Waals surface area contributed by atoms with Crippen molar-refractivity contribution < 1.29 is 0 Å². The maximum absolute atomic E-state index is 2.43. The van der Waals surface area contributed by atoms with Crippen LogP contribution in [0.15, 0.2) is 0 Å². The van der Waals surface area contributed by atoms with Crippen LogP contribution in [0.1, 0.15) is 141 Å². The number of hydrogen-bond donors (Lipinski definition) is 0. The van der Waals surface area contributed by atoms with E-state index in [0.717, 1.165) is 35.5 Å². The average molecular weight is 385 g/mol. The van der Waals surface area contributed by atoms with Crippen molar-refractivity contribution in [2.75, 3.05) is 0 Å². The van der Waals surface area contributed by atoms with Crippen molar-refractivity contribution in [1.29, 1.82) is 0 Å². The standard InChI is InChI=1S/C14H26.C5H12.C4H10.2C2H6/c1-11-3-7-13(8-4-11)14-9-5-12(2)6-10-14;1-4-5(2)3;1-4(2)3;2*1-2/h11-14H,3-10H2,1-2H3;5H,4H2,1-3H3;4H,1-3H3;2*1-2H3. The molecule has 2 rings (SSSR count). The van der Waals surface area contributed by atoms with Gasteiger partial charge < -0.3 is 0 Å². The van der Waals surface area contributed by atoms with Gasteiger partial charge in [-0.1, -0.05) is 115 Å². The van der Waals surface area contributed by atoms with Crippen LogP contribution in [-0.2, 0) is 0 Å². The summed E-state index contributed by atoms with van der Waals surface area (Å²) in [6.45, 7) is 26.0. The van der Waals surface area contributed by atoms with E-state index in [-0.39, 0.29) is 0 Å². The molecular formula is C27H60. The molecule has 0 nitrogen and oxygen atoms in total. The Morgan fingerprint density at radius 3 is 0.889 bits per heavy atom. The summed E-state index contributed by atoms with van der Waals surface area (Å²) >= 11 is 0. The molecule has 0 aromatic carbocycles. The molecule has 0 aromatic rings. The molecule has 2 saturated carbocycles. The lowest BCUT2D eigenvalue weighted by molar-refractivity contribution is 0.155. The minimum Gasteiger partial charge on any atom is -0.0683 e. The molecule has 2 aliphatic rings. The van der Waals surface area contributed by atoms with Crippen molar-refractivity contribution in [3.05, 3.63) is 0 Å². The van der Waals surface area contributed by atoms with Crippen LogP contribution in [0.5, 0.6) is 0 Å². The van der Waals surface area contributed by atoms with E-state index < -0.39 is 0 Å². The van der Waals surface area contributed by atoms with Crippen LogP contribution in [0.25, 0.3) is 0 Å². The van der Waals surface area contributed by atoms with Gasteiger partial charge in [0, 0.05) is 0 Å². The van der Waals surface area contributed by atoms with Gasteiger partial charge in [0.05, 0.1) is 0 Å². The van der Waals surface area contributed by atoms with Crippen molar-refractivity contribution in [3.8, 4) is 0 Å². The fraction of sp³-hybridized carbons (Fsp3) is 1.00. The fourth-order valence-corrected chi connectivity index (χ4v) is 3.51. The lowest BCUT2D eigenvalue weighted by Crippen LogP contribution is -2.24. The summed E-state index contributed by atoms with van der Waals surface area (Å²) in [6, 6.07) is 0. The first-order valence-electron chi connectivity index (χ1n) is 12.8. The molecule has 168 valence electrons. The van der Waals surface area contributed by atoms with E-state index in [1.54, 1.807) is 25.7 Å². The SMILES string of the molecule is CC.CC.CC(C)C.CC1CCC(C2CCC(C)CC2)CC1.CCC(C)C. The van der Waals surface area contributed by atoms with Gasteiger partial charge >= 0.3 is 0 Å². The van der Waals surface area contributed by atoms with Gasteiger partial charge in [-0.2, -0.15) is 0 Å². The van der Waals surface area contributed by atoms with Crippen LogP contribution >= 0.6 is 0 Å². The Labute approximate surface area is 176 Å². The number of hydrogen-bond acceptors (Lipinski definition) is 0. The van der Waals surface area contributed by atoms with E-state index in [1.807, 2.05) is 27.7 Å². The van der Waals surface area contributed by atoms with Crippen LogP contribution in [0.4, 0.5) is 0 Å². The Hall–Kier alpha value is 0. The van der Waals surface area contributed by atoms with E-state index in [1.165, 1.54) is 32.1 Å². The molecule has 2 fully saturated rings. The molecular weight excluding hydrogens is 324 g/mol. The van der Waals surface area contributed by atoms with E-state index in [4.69, 9.17) is 0 Å². The van der Waals surface area contributed by atoms with Gasteiger partial charge in [-0.05, 0) is 61.2 Å². The lowest BCUT2D eigenvalue weighted by Gasteiger charge is -2.36. The van der Waals surface area contributed by atoms with Crippen molar-refractivity contribution in [2.45, 2.75) is 141 Å². The Bertz CT molecular complexity index is 214. The molecule has 0 N–H and O–H groups in total. The molecule has 0 heteroatoms. The quantitative estimate of drug-likeness (QED) is 0.444. The summed E-state index contributed by atoms with van der Waals surface area (Å²) in [5.74, 6) is 5.98. The fourth-order valence-electron chi connectivity index (χ4n) is 3.51. The minimum atomic E-state index is 0.833. The van der Waals surface area contributed by atoms with Gasteiger partial charge in [0.1, 0.15) is 0 Å². The van der Waals surface area contributed by atoms with Gasteiger partial charge in [-0.15, -0.1) is 0 Å². The van der Waals surface area contributed by atoms with Gasteiger partial charge in [-0.25, -0.2) is 0 Å². The Morgan fingerprint density at radius 1 is 0.556 bits per heavy atom. The highest BCUT2D eigenvalue weighted by atomic mass is 14.3. The second-order valence-corrected chi connectivity index (χ2v) is 9.57. The summed E-state index contributed by atoms with van der Waals surface area (Å²) in [6.07, 6.45) is 13.5. The van der Waals surface area contributed by atoms with Gasteiger partial charge in [0.25, 0.3) is 0 Å². The molecule has 0 aromatic heterocycles. The second-order valence-electron chi connectivity index (χ2n) is 9.57. The molecule has 27 heavy (non-hydrogen) atoms. The van der Waals surface area contributed by atoms with Crippen molar-refractivity contribution in [1.82, 2.24) is 0 Å². The van der Waals surface area contributed by atoms with Crippen molar-refractivity contribution in [2.24, 2.45) is 35.5 Å². The predicted octanol–water partition coefficient (Wildman–Crippen LogP) is 10.4. The molecule has 0 spiro atoms. The number of rotatable bonds is 2. The molecule has 2 aliphatic carbocycles. The van der Waals surface area contributed by atoms with Gasteiger partial charge in [0.2, 0.25) is 0 Å². The van der Waals surface area contributed by atoms with Crippen LogP contribution in [0, 0.1) is 35.5 Å². The van der Waals surface area contributed by atoms with Crippen LogP contribution in [-0.4, -0.2) is 0 Å². The zero-order chi connectivity index (χ0) is 21.8. The second kappa shape index (κ2) is 22.3. The van der Waals surface area contributed by atoms with E-state index in [9.17, 15) is 0 Å². The van der Waals surface area contributed by atoms with Crippen molar-refractivity contribution in [3.63, 3.8) is 0 Å². The Morgan fingerprint density at radius 2 is 0.741 bits per heavy atom. The van der Waals surface area contributed by atoms with Gasteiger partial charge in [-0.3, -0.25) is 0 Å². The largest absolute Gasteiger partial charge is 0.0683 e. The summed E-state index contributed by atoms with van der Waals surface area (Å²) in [5, 5.41) is 0. The highest BCUT2D eigenvalue weighted by Gasteiger charge is 2.28. The monoisotopic (exact) mass is 384 g/mol. The van der Waals surface area contributed by atoms with E-state index in [2.05, 4.69) is 55.4 Å². The molecule has 0 radical (unpaired) electrons. The third-order valence-corrected chi connectivity index (χ3v) is 5.60. The third-order valence-electron chi connectivity index (χ3n) is 5.60. The third kappa shape index (κ3) is 22.2. The Kier molecular flexibility index (Phi) is 26.2. The smallest absolute Gasteiger partial charge is 0.0386 e. The zero-order valence-corrected chi connectivity index (χ0v) is 21.8.